The van der Waals surface area contributed by atoms with Crippen LogP contribution in [0, 0.1) is 0 Å². The lowest BCUT2D eigenvalue weighted by Gasteiger charge is -2.38. The Balaban J connectivity index is 1.41. The Morgan fingerprint density at radius 2 is 2.18 bits per heavy atom. The van der Waals surface area contributed by atoms with Crippen molar-refractivity contribution >= 4 is 28.8 Å². The first-order chi connectivity index (χ1) is 15.8. The number of nitrogens with zero attached hydrogens (tertiary/aromatic N) is 3. The molecule has 0 bridgehead atoms. The molecule has 1 fully saturated rings. The van der Waals surface area contributed by atoms with Crippen molar-refractivity contribution in [2.75, 3.05) is 18.8 Å². The molecule has 174 valence electrons. The molecule has 0 amide bonds. The van der Waals surface area contributed by atoms with E-state index in [9.17, 15) is 13.6 Å². The van der Waals surface area contributed by atoms with Crippen LogP contribution in [0.3, 0.4) is 0 Å². The van der Waals surface area contributed by atoms with Crippen LogP contribution in [0.2, 0.25) is 0 Å². The molecule has 4 heterocycles. The number of ether oxygens (including phenoxy) is 1. The highest BCUT2D eigenvalue weighted by molar-refractivity contribution is 7.10. The topological polar surface area (TPSA) is 73.4 Å². The predicted octanol–water partition coefficient (Wildman–Crippen LogP) is 4.07. The minimum atomic E-state index is -3.21. The second-order valence-electron chi connectivity index (χ2n) is 8.42. The van der Waals surface area contributed by atoms with E-state index in [0.29, 0.717) is 6.54 Å². The lowest BCUT2D eigenvalue weighted by atomic mass is 9.92. The van der Waals surface area contributed by atoms with Crippen molar-refractivity contribution in [3.05, 3.63) is 80.6 Å². The van der Waals surface area contributed by atoms with E-state index in [2.05, 4.69) is 21.3 Å². The Kier molecular flexibility index (Phi) is 5.98. The van der Waals surface area contributed by atoms with Crippen LogP contribution in [0.4, 0.5) is 14.6 Å². The monoisotopic (exact) mass is 492 g/mol. The molecule has 0 saturated carbocycles. The minimum absolute atomic E-state index is 0.0187. The molecule has 0 radical (unpaired) electrons. The first kappa shape index (κ1) is 22.5. The van der Waals surface area contributed by atoms with E-state index in [0.717, 1.165) is 23.1 Å². The van der Waals surface area contributed by atoms with E-state index < -0.39 is 30.4 Å². The number of thiophene rings is 1. The Labute approximate surface area is 198 Å². The number of hydrogen-bond donors (Lipinski definition) is 1. The largest absolute Gasteiger partial charge is 0.383 e. The molecular weight excluding hydrogens is 470 g/mol. The van der Waals surface area contributed by atoms with Gasteiger partial charge in [-0.25, -0.2) is 13.6 Å². The molecule has 2 aliphatic heterocycles. The summed E-state index contributed by atoms with van der Waals surface area (Å²) < 4.78 is 36.4. The van der Waals surface area contributed by atoms with Gasteiger partial charge >= 0.3 is 5.69 Å². The lowest BCUT2D eigenvalue weighted by Crippen LogP contribution is -2.40. The Morgan fingerprint density at radius 3 is 3.00 bits per heavy atom. The summed E-state index contributed by atoms with van der Waals surface area (Å²) in [4.78, 5) is 19.2. The molecule has 2 aromatic rings. The van der Waals surface area contributed by atoms with Crippen molar-refractivity contribution in [2.45, 2.75) is 42.5 Å². The number of nitrogens with two attached hydrogens (primary N) is 1. The highest BCUT2D eigenvalue weighted by atomic mass is 35.5. The molecule has 5 rings (SSSR count). The average Bonchev–Trinajstić information content (AvgIpc) is 3.27. The van der Waals surface area contributed by atoms with Crippen molar-refractivity contribution in [2.24, 2.45) is 0 Å². The molecule has 3 aliphatic rings. The number of alkyl halides is 3. The highest BCUT2D eigenvalue weighted by Gasteiger charge is 2.52. The van der Waals surface area contributed by atoms with Crippen molar-refractivity contribution in [3.63, 3.8) is 0 Å². The van der Waals surface area contributed by atoms with Gasteiger partial charge in [-0.3, -0.25) is 9.47 Å². The van der Waals surface area contributed by atoms with Gasteiger partial charge in [0, 0.05) is 30.6 Å². The fraction of sp³-hybridized carbons (Fsp3) is 0.391. The van der Waals surface area contributed by atoms with Crippen molar-refractivity contribution in [1.29, 1.82) is 0 Å². The molecule has 4 atom stereocenters. The van der Waals surface area contributed by atoms with Crippen LogP contribution < -0.4 is 11.4 Å². The molecule has 10 heteroatoms. The zero-order valence-corrected chi connectivity index (χ0v) is 19.2. The SMILES string of the molecule is Nc1ccn(C2OC(CN3CCc4sccc4C3C3=CC=CC(Cl)C=C3)CC2(F)F)c(=O)n1. The summed E-state index contributed by atoms with van der Waals surface area (Å²) in [5.41, 5.74) is 6.88. The predicted molar refractivity (Wildman–Crippen MR) is 125 cm³/mol. The molecule has 0 spiro atoms. The quantitative estimate of drug-likeness (QED) is 0.651. The molecule has 2 aromatic heterocycles. The summed E-state index contributed by atoms with van der Waals surface area (Å²) in [6.45, 7) is 1.03. The molecule has 33 heavy (non-hydrogen) atoms. The van der Waals surface area contributed by atoms with Crippen molar-refractivity contribution < 1.29 is 13.5 Å². The smallest absolute Gasteiger partial charge is 0.351 e. The van der Waals surface area contributed by atoms with Gasteiger partial charge in [-0.1, -0.05) is 30.4 Å². The van der Waals surface area contributed by atoms with Crippen LogP contribution in [0.25, 0.3) is 0 Å². The molecule has 2 N–H and O–H groups in total. The number of aromatic nitrogens is 2. The van der Waals surface area contributed by atoms with Gasteiger partial charge in [-0.2, -0.15) is 4.98 Å². The van der Waals surface area contributed by atoms with E-state index in [-0.39, 0.29) is 17.2 Å². The van der Waals surface area contributed by atoms with Crippen LogP contribution in [-0.2, 0) is 11.2 Å². The van der Waals surface area contributed by atoms with E-state index >= 15 is 0 Å². The summed E-state index contributed by atoms with van der Waals surface area (Å²) in [7, 11) is 0. The number of nitrogen functional groups attached to an aromatic ring is 1. The Hall–Kier alpha value is -2.33. The Morgan fingerprint density at radius 1 is 1.33 bits per heavy atom. The maximum absolute atomic E-state index is 14.9. The fourth-order valence-electron chi connectivity index (χ4n) is 4.71. The van der Waals surface area contributed by atoms with Gasteiger partial charge in [0.1, 0.15) is 5.82 Å². The van der Waals surface area contributed by atoms with Crippen LogP contribution in [-0.4, -0.2) is 44.9 Å². The summed E-state index contributed by atoms with van der Waals surface area (Å²) >= 11 is 7.96. The van der Waals surface area contributed by atoms with E-state index in [1.807, 2.05) is 30.4 Å². The molecule has 1 aliphatic carbocycles. The van der Waals surface area contributed by atoms with Crippen molar-refractivity contribution in [1.82, 2.24) is 14.5 Å². The standard InChI is InChI=1S/C23H23ClF2N4O2S/c24-15-3-1-2-14(4-5-15)20-17-8-11-33-18(17)6-9-29(20)13-16-12-23(25,26)21(32-16)30-10-7-19(27)28-22(30)31/h1-5,7-8,10-11,15-16,20-21H,6,9,12-13H2,(H2,27,28,31). The summed E-state index contributed by atoms with van der Waals surface area (Å²) in [5.74, 6) is -3.23. The number of fused-ring (bicyclic) bond motifs is 1. The number of allylic oxidation sites excluding steroid dienone is 4. The van der Waals surface area contributed by atoms with Gasteiger partial charge in [0.2, 0.25) is 6.23 Å². The second kappa shape index (κ2) is 8.79. The van der Waals surface area contributed by atoms with Gasteiger partial charge in [0.15, 0.2) is 0 Å². The number of anilines is 1. The van der Waals surface area contributed by atoms with Gasteiger partial charge in [0.05, 0.1) is 17.5 Å². The molecule has 1 saturated heterocycles. The van der Waals surface area contributed by atoms with Gasteiger partial charge < -0.3 is 10.5 Å². The second-order valence-corrected chi connectivity index (χ2v) is 9.92. The first-order valence-corrected chi connectivity index (χ1v) is 12.0. The third-order valence-electron chi connectivity index (χ3n) is 6.16. The van der Waals surface area contributed by atoms with Gasteiger partial charge in [0.25, 0.3) is 5.92 Å². The first-order valence-electron chi connectivity index (χ1n) is 10.7. The van der Waals surface area contributed by atoms with Gasteiger partial charge in [-0.05, 0) is 35.1 Å². The fourth-order valence-corrected chi connectivity index (χ4v) is 5.77. The average molecular weight is 493 g/mol. The zero-order chi connectivity index (χ0) is 23.2. The van der Waals surface area contributed by atoms with E-state index in [4.69, 9.17) is 22.1 Å². The van der Waals surface area contributed by atoms with Crippen LogP contribution >= 0.6 is 22.9 Å². The minimum Gasteiger partial charge on any atom is -0.383 e. The van der Waals surface area contributed by atoms with E-state index in [1.165, 1.54) is 22.7 Å². The lowest BCUT2D eigenvalue weighted by molar-refractivity contribution is -0.119. The normalized spacial score (nSPS) is 29.0. The van der Waals surface area contributed by atoms with Gasteiger partial charge in [-0.15, -0.1) is 22.9 Å². The van der Waals surface area contributed by atoms with Crippen molar-refractivity contribution in [3.8, 4) is 0 Å². The van der Waals surface area contributed by atoms with Crippen LogP contribution in [0.5, 0.6) is 0 Å². The molecule has 6 nitrogen and oxygen atoms in total. The van der Waals surface area contributed by atoms with E-state index in [1.54, 1.807) is 11.3 Å². The summed E-state index contributed by atoms with van der Waals surface area (Å²) in [6, 6.07) is 3.33. The van der Waals surface area contributed by atoms with Crippen LogP contribution in [0.15, 0.2) is 64.5 Å². The molecule has 4 unspecified atom stereocenters. The third kappa shape index (κ3) is 4.42. The highest BCUT2D eigenvalue weighted by Crippen LogP contribution is 2.44. The third-order valence-corrected chi connectivity index (χ3v) is 7.45. The maximum Gasteiger partial charge on any atom is 0.351 e. The number of rotatable bonds is 4. The number of hydrogen-bond acceptors (Lipinski definition) is 6. The summed E-state index contributed by atoms with van der Waals surface area (Å²) in [6.07, 6.45) is 8.91. The molecule has 0 aromatic carbocycles. The molecular formula is C23H23ClF2N4O2S. The summed E-state index contributed by atoms with van der Waals surface area (Å²) in [5, 5.41) is 1.88. The van der Waals surface area contributed by atoms with Crippen LogP contribution in [0.1, 0.15) is 29.1 Å². The maximum atomic E-state index is 14.9. The zero-order valence-electron chi connectivity index (χ0n) is 17.6. The number of halogens is 3. The Bertz CT molecular complexity index is 1190.